The first kappa shape index (κ1) is 14.2. The summed E-state index contributed by atoms with van der Waals surface area (Å²) in [5, 5.41) is 12.0. The van der Waals surface area contributed by atoms with E-state index in [4.69, 9.17) is 5.73 Å². The quantitative estimate of drug-likeness (QED) is 0.859. The molecule has 22 heavy (non-hydrogen) atoms. The molecule has 3 rings (SSSR count). The Morgan fingerprint density at radius 2 is 1.82 bits per heavy atom. The van der Waals surface area contributed by atoms with Crippen LogP contribution in [0, 0.1) is 0 Å². The number of aromatic nitrogens is 4. The van der Waals surface area contributed by atoms with Gasteiger partial charge in [-0.3, -0.25) is 9.59 Å². The van der Waals surface area contributed by atoms with Crippen LogP contribution in [0.25, 0.3) is 11.4 Å². The van der Waals surface area contributed by atoms with E-state index in [2.05, 4.69) is 15.4 Å². The molecule has 2 heterocycles. The number of amides is 2. The van der Waals surface area contributed by atoms with Gasteiger partial charge in [-0.15, -0.1) is 10.2 Å². The molecule has 1 aliphatic heterocycles. The number of nitrogens with two attached hydrogens (primary N) is 1. The molecule has 0 bridgehead atoms. The van der Waals surface area contributed by atoms with Crippen LogP contribution >= 0.6 is 0 Å². The van der Waals surface area contributed by atoms with Gasteiger partial charge in [0.25, 0.3) is 0 Å². The number of benzene rings is 1. The van der Waals surface area contributed by atoms with Gasteiger partial charge in [0.15, 0.2) is 0 Å². The fourth-order valence-corrected chi connectivity index (χ4v) is 2.40. The van der Waals surface area contributed by atoms with Crippen molar-refractivity contribution in [1.82, 2.24) is 25.1 Å². The number of hydrogen-bond donors (Lipinski definition) is 1. The van der Waals surface area contributed by atoms with Crippen LogP contribution in [0.5, 0.6) is 0 Å². The predicted octanol–water partition coefficient (Wildman–Crippen LogP) is 0.0614. The van der Waals surface area contributed by atoms with Crippen LogP contribution in [0.15, 0.2) is 24.3 Å². The zero-order chi connectivity index (χ0) is 15.5. The van der Waals surface area contributed by atoms with Crippen molar-refractivity contribution in [2.45, 2.75) is 19.4 Å². The minimum absolute atomic E-state index is 0.00512. The van der Waals surface area contributed by atoms with Crippen LogP contribution < -0.4 is 5.73 Å². The summed E-state index contributed by atoms with van der Waals surface area (Å²) in [5.41, 5.74) is 6.32. The smallest absolute Gasteiger partial charge is 0.248 e. The molecule has 0 spiro atoms. The van der Waals surface area contributed by atoms with Gasteiger partial charge in [0.1, 0.15) is 6.54 Å². The third-order valence-electron chi connectivity index (χ3n) is 3.62. The standard InChI is InChI=1S/C14H16N6O2/c15-13(22)10-3-5-11(6-4-10)14-16-18-20(17-14)9-12(21)19-7-1-2-8-19/h3-6H,1-2,7-9H2,(H2,15,22). The van der Waals surface area contributed by atoms with Crippen molar-refractivity contribution in [2.75, 3.05) is 13.1 Å². The van der Waals surface area contributed by atoms with Crippen molar-refractivity contribution < 1.29 is 9.59 Å². The molecule has 1 aromatic heterocycles. The molecule has 114 valence electrons. The third kappa shape index (κ3) is 2.95. The lowest BCUT2D eigenvalue weighted by atomic mass is 10.1. The Morgan fingerprint density at radius 1 is 1.14 bits per heavy atom. The maximum absolute atomic E-state index is 12.0. The molecule has 1 fully saturated rings. The maximum atomic E-state index is 12.0. The summed E-state index contributed by atoms with van der Waals surface area (Å²) in [4.78, 5) is 26.2. The van der Waals surface area contributed by atoms with E-state index in [1.54, 1.807) is 24.3 Å². The molecule has 0 aliphatic carbocycles. The molecule has 0 saturated carbocycles. The van der Waals surface area contributed by atoms with Crippen LogP contribution in [0.2, 0.25) is 0 Å². The molecular weight excluding hydrogens is 284 g/mol. The van der Waals surface area contributed by atoms with Crippen LogP contribution in [0.4, 0.5) is 0 Å². The zero-order valence-corrected chi connectivity index (χ0v) is 12.0. The first-order chi connectivity index (χ1) is 10.6. The monoisotopic (exact) mass is 300 g/mol. The van der Waals surface area contributed by atoms with Gasteiger partial charge in [-0.05, 0) is 30.2 Å². The lowest BCUT2D eigenvalue weighted by Crippen LogP contribution is -2.31. The van der Waals surface area contributed by atoms with Crippen molar-refractivity contribution in [1.29, 1.82) is 0 Å². The molecule has 8 heteroatoms. The van der Waals surface area contributed by atoms with E-state index < -0.39 is 5.91 Å². The Hall–Kier alpha value is -2.77. The van der Waals surface area contributed by atoms with Crippen LogP contribution in [-0.4, -0.2) is 50.0 Å². The Labute approximate surface area is 126 Å². The third-order valence-corrected chi connectivity index (χ3v) is 3.62. The fourth-order valence-electron chi connectivity index (χ4n) is 2.40. The summed E-state index contributed by atoms with van der Waals surface area (Å²) >= 11 is 0. The van der Waals surface area contributed by atoms with Crippen molar-refractivity contribution in [3.63, 3.8) is 0 Å². The van der Waals surface area contributed by atoms with Gasteiger partial charge < -0.3 is 10.6 Å². The molecule has 8 nitrogen and oxygen atoms in total. The van der Waals surface area contributed by atoms with Crippen molar-refractivity contribution in [3.05, 3.63) is 29.8 Å². The highest BCUT2D eigenvalue weighted by Gasteiger charge is 2.19. The highest BCUT2D eigenvalue weighted by Crippen LogP contribution is 2.14. The fraction of sp³-hybridized carbons (Fsp3) is 0.357. The maximum Gasteiger partial charge on any atom is 0.248 e. The summed E-state index contributed by atoms with van der Waals surface area (Å²) < 4.78 is 0. The highest BCUT2D eigenvalue weighted by molar-refractivity contribution is 5.93. The topological polar surface area (TPSA) is 107 Å². The van der Waals surface area contributed by atoms with Crippen molar-refractivity contribution in [2.24, 2.45) is 5.73 Å². The predicted molar refractivity (Wildman–Crippen MR) is 77.6 cm³/mol. The van der Waals surface area contributed by atoms with E-state index in [0.717, 1.165) is 25.9 Å². The SMILES string of the molecule is NC(=O)c1ccc(-c2nnn(CC(=O)N3CCCC3)n2)cc1. The molecule has 2 N–H and O–H groups in total. The number of primary amides is 1. The Balaban J connectivity index is 1.70. The summed E-state index contributed by atoms with van der Waals surface area (Å²) in [6, 6.07) is 6.61. The second-order valence-corrected chi connectivity index (χ2v) is 5.17. The van der Waals surface area contributed by atoms with Gasteiger partial charge in [0.05, 0.1) is 0 Å². The molecule has 1 aliphatic rings. The van der Waals surface area contributed by atoms with E-state index in [9.17, 15) is 9.59 Å². The molecular formula is C14H16N6O2. The van der Waals surface area contributed by atoms with Gasteiger partial charge in [-0.2, -0.15) is 4.80 Å². The molecule has 2 amide bonds. The van der Waals surface area contributed by atoms with Gasteiger partial charge in [0.2, 0.25) is 17.6 Å². The Bertz CT molecular complexity index is 688. The van der Waals surface area contributed by atoms with Gasteiger partial charge >= 0.3 is 0 Å². The van der Waals surface area contributed by atoms with E-state index in [1.165, 1.54) is 4.80 Å². The summed E-state index contributed by atoms with van der Waals surface area (Å²) in [5.74, 6) is -0.0739. The highest BCUT2D eigenvalue weighted by atomic mass is 16.2. The molecule has 0 atom stereocenters. The second-order valence-electron chi connectivity index (χ2n) is 5.17. The minimum Gasteiger partial charge on any atom is -0.366 e. The Kier molecular flexibility index (Phi) is 3.82. The van der Waals surface area contributed by atoms with E-state index in [0.29, 0.717) is 17.0 Å². The number of carbonyl (C=O) groups is 2. The van der Waals surface area contributed by atoms with Gasteiger partial charge in [0, 0.05) is 24.2 Å². The first-order valence-corrected chi connectivity index (χ1v) is 7.09. The molecule has 1 saturated heterocycles. The summed E-state index contributed by atoms with van der Waals surface area (Å²) in [6.07, 6.45) is 2.10. The van der Waals surface area contributed by atoms with E-state index >= 15 is 0 Å². The lowest BCUT2D eigenvalue weighted by molar-refractivity contribution is -0.131. The summed E-state index contributed by atoms with van der Waals surface area (Å²) in [7, 11) is 0. The minimum atomic E-state index is -0.487. The van der Waals surface area contributed by atoms with E-state index in [-0.39, 0.29) is 12.5 Å². The molecule has 1 aromatic carbocycles. The second kappa shape index (κ2) is 5.92. The van der Waals surface area contributed by atoms with Crippen LogP contribution in [0.3, 0.4) is 0 Å². The van der Waals surface area contributed by atoms with Crippen molar-refractivity contribution in [3.8, 4) is 11.4 Å². The van der Waals surface area contributed by atoms with Gasteiger partial charge in [-0.25, -0.2) is 0 Å². The average Bonchev–Trinajstić information content (AvgIpc) is 3.19. The number of rotatable bonds is 4. The van der Waals surface area contributed by atoms with E-state index in [1.807, 2.05) is 4.90 Å². The lowest BCUT2D eigenvalue weighted by Gasteiger charge is -2.13. The normalized spacial score (nSPS) is 14.3. The molecule has 0 unspecified atom stereocenters. The van der Waals surface area contributed by atoms with Gasteiger partial charge in [-0.1, -0.05) is 12.1 Å². The number of tetrazole rings is 1. The van der Waals surface area contributed by atoms with Crippen LogP contribution in [-0.2, 0) is 11.3 Å². The first-order valence-electron chi connectivity index (χ1n) is 7.09. The van der Waals surface area contributed by atoms with Crippen LogP contribution in [0.1, 0.15) is 23.2 Å². The average molecular weight is 300 g/mol. The number of hydrogen-bond acceptors (Lipinski definition) is 5. The van der Waals surface area contributed by atoms with Crippen molar-refractivity contribution >= 4 is 11.8 Å². The Morgan fingerprint density at radius 3 is 2.45 bits per heavy atom. The zero-order valence-electron chi connectivity index (χ0n) is 12.0. The number of likely N-dealkylation sites (tertiary alicyclic amines) is 1. The number of carbonyl (C=O) groups excluding carboxylic acids is 2. The summed E-state index contributed by atoms with van der Waals surface area (Å²) in [6.45, 7) is 1.69. The molecule has 2 aromatic rings. The number of nitrogens with zero attached hydrogens (tertiary/aromatic N) is 5. The largest absolute Gasteiger partial charge is 0.366 e. The molecule has 0 radical (unpaired) electrons.